The van der Waals surface area contributed by atoms with E-state index in [2.05, 4.69) is 92.3 Å². The molecule has 0 bridgehead atoms. The van der Waals surface area contributed by atoms with Crippen molar-refractivity contribution in [1.29, 1.82) is 0 Å². The smallest absolute Gasteiger partial charge is 0.408 e. The molecule has 38 heteroatoms. The maximum Gasteiger partial charge on any atom is 0.408 e. The number of esters is 1. The molecule has 7 saturated carbocycles. The summed E-state index contributed by atoms with van der Waals surface area (Å²) < 4.78 is 88.4. The average Bonchev–Trinajstić information content (AvgIpc) is 1.59. The van der Waals surface area contributed by atoms with Crippen LogP contribution in [-0.2, 0) is 96.7 Å². The van der Waals surface area contributed by atoms with Gasteiger partial charge in [-0.15, -0.1) is 19.7 Å². The van der Waals surface area contributed by atoms with Crippen molar-refractivity contribution in [2.45, 2.75) is 261 Å². The van der Waals surface area contributed by atoms with Gasteiger partial charge in [-0.3, -0.25) is 33.6 Å². The van der Waals surface area contributed by atoms with Crippen LogP contribution in [0.2, 0.25) is 0 Å². The minimum Gasteiger partial charge on any atom is -0.479 e. The average molecular weight is 1970 g/mol. The summed E-state index contributed by atoms with van der Waals surface area (Å²) >= 11 is 0. The Labute approximate surface area is 816 Å². The topological polar surface area (TPSA) is 481 Å². The molecule has 36 nitrogen and oxygen atoms in total. The van der Waals surface area contributed by atoms with Gasteiger partial charge in [-0.1, -0.05) is 164 Å². The molecule has 2 heterocycles. The largest absolute Gasteiger partial charge is 0.479 e. The van der Waals surface area contributed by atoms with Crippen molar-refractivity contribution in [3.8, 4) is 35.5 Å². The van der Waals surface area contributed by atoms with Crippen LogP contribution in [0, 0.1) is 81.9 Å². The normalized spacial score (nSPS) is 25.2. The van der Waals surface area contributed by atoms with Crippen LogP contribution in [0.1, 0.15) is 194 Å². The van der Waals surface area contributed by atoms with Crippen molar-refractivity contribution in [2.75, 3.05) is 68.2 Å². The fraction of sp³-hybridized carbons (Fsp3) is 0.584. The van der Waals surface area contributed by atoms with Crippen molar-refractivity contribution >= 4 is 91.9 Å². The van der Waals surface area contributed by atoms with Crippen molar-refractivity contribution in [2.24, 2.45) is 51.5 Å². The SMILES string of the molecule is C=CC1C[C@]1(NC(=O)[C@@H]1C[C@@H](OCC#Cc2ccccc2)CC1C(=O)[C@@H](NC(=O)OC1CCCC1)C(C)C)C(=O)O.C=CC1C[C@]1(NC(=O)[C@@H]1C[C@@H](OCC#Cc2ccccc2)CN1C(=O)[C@@H](NC(=O)OC1CCCC1)C(C)(C)C)C(=O)NS(=O)(=O)N(C)C.C=CC1C[C@]1(NC(=O)[C@@H]1C[C@@H](OCC#Cc2ccccc2)CN1C(=O)[C@@H](NC(=O)OC1CCCC1)C(C)(C)C)C(=O)OC.CN(C)S(N)(=O)=O. The third kappa shape index (κ3) is 31.0. The predicted octanol–water partition coefficient (Wildman–Crippen LogP) is 8.04. The number of carboxylic acid groups (broad SMARTS) is 1. The molecule has 2 saturated heterocycles. The first-order chi connectivity index (χ1) is 65.6. The number of aliphatic carboxylic acids is 1. The summed E-state index contributed by atoms with van der Waals surface area (Å²) in [5.74, 6) is 9.49. The second kappa shape index (κ2) is 49.5. The minimum atomic E-state index is -4.14. The number of amides is 9. The van der Waals surface area contributed by atoms with Crippen LogP contribution in [0.15, 0.2) is 129 Å². The van der Waals surface area contributed by atoms with Crippen LogP contribution < -0.4 is 41.8 Å². The van der Waals surface area contributed by atoms with Gasteiger partial charge in [-0.25, -0.2) is 33.8 Å². The van der Waals surface area contributed by atoms with E-state index >= 15 is 0 Å². The van der Waals surface area contributed by atoms with Crippen molar-refractivity contribution in [3.05, 3.63) is 146 Å². The van der Waals surface area contributed by atoms with Crippen LogP contribution in [0.3, 0.4) is 0 Å². The molecule has 7 aliphatic carbocycles. The van der Waals surface area contributed by atoms with Crippen molar-refractivity contribution in [1.82, 2.24) is 55.0 Å². The fourth-order valence-corrected chi connectivity index (χ4v) is 18.4. The lowest BCUT2D eigenvalue weighted by Gasteiger charge is -2.35. The van der Waals surface area contributed by atoms with Gasteiger partial charge in [0.25, 0.3) is 16.1 Å². The highest BCUT2D eigenvalue weighted by Gasteiger charge is 2.65. The number of alkyl carbamates (subject to hydrolysis) is 3. The predicted molar refractivity (Wildman–Crippen MR) is 516 cm³/mol. The highest BCUT2D eigenvalue weighted by atomic mass is 32.2. The zero-order valence-electron chi connectivity index (χ0n) is 81.8. The van der Waals surface area contributed by atoms with Crippen LogP contribution in [0.5, 0.6) is 0 Å². The maximum absolute atomic E-state index is 14.3. The number of methoxy groups -OCH3 is 1. The first-order valence-corrected chi connectivity index (χ1v) is 50.2. The quantitative estimate of drug-likeness (QED) is 0.0123. The van der Waals surface area contributed by atoms with E-state index in [0.29, 0.717) is 6.42 Å². The number of nitrogens with zero attached hydrogens (tertiary/aromatic N) is 4. The number of carbonyl (C=O) groups is 12. The summed E-state index contributed by atoms with van der Waals surface area (Å²) in [7, 11) is -0.996. The molecular formula is C101H138N12O24S2. The summed E-state index contributed by atoms with van der Waals surface area (Å²) in [6.45, 7) is 26.2. The first kappa shape index (κ1) is 111. The Morgan fingerprint density at radius 1 is 0.489 bits per heavy atom. The summed E-state index contributed by atoms with van der Waals surface area (Å²) in [5.41, 5.74) is -3.13. The Kier molecular flexibility index (Phi) is 39.6. The second-order valence-electron chi connectivity index (χ2n) is 39.4. The van der Waals surface area contributed by atoms with Gasteiger partial charge < -0.3 is 80.0 Å². The van der Waals surface area contributed by atoms with Gasteiger partial charge in [0.05, 0.1) is 37.4 Å². The van der Waals surface area contributed by atoms with E-state index in [1.807, 2.05) is 130 Å². The Hall–Kier alpha value is -11.5. The monoisotopic (exact) mass is 1970 g/mol. The molecule has 4 unspecified atom stereocenters. The van der Waals surface area contributed by atoms with E-state index < -0.39 is 180 Å². The fourth-order valence-electron chi connectivity index (χ4n) is 17.8. The molecule has 0 spiro atoms. The zero-order valence-corrected chi connectivity index (χ0v) is 83.5. The lowest BCUT2D eigenvalue weighted by atomic mass is 9.84. The Morgan fingerprint density at radius 3 is 1.16 bits per heavy atom. The third-order valence-corrected chi connectivity index (χ3v) is 28.7. The van der Waals surface area contributed by atoms with Gasteiger partial charge >= 0.3 is 40.4 Å². The van der Waals surface area contributed by atoms with Gasteiger partial charge in [-0.2, -0.15) is 25.4 Å². The van der Waals surface area contributed by atoms with Crippen LogP contribution in [-0.4, -0.2) is 263 Å². The van der Waals surface area contributed by atoms with Gasteiger partial charge in [0.1, 0.15) is 78.9 Å². The van der Waals surface area contributed by atoms with E-state index in [0.717, 1.165) is 102 Å². The van der Waals surface area contributed by atoms with Crippen LogP contribution in [0.4, 0.5) is 14.4 Å². The van der Waals surface area contributed by atoms with Crippen LogP contribution in [0.25, 0.3) is 0 Å². The highest BCUT2D eigenvalue weighted by molar-refractivity contribution is 7.87. The lowest BCUT2D eigenvalue weighted by molar-refractivity contribution is -0.148. The second-order valence-corrected chi connectivity index (χ2v) is 43.1. The van der Waals surface area contributed by atoms with Crippen LogP contribution >= 0.6 is 0 Å². The highest BCUT2D eigenvalue weighted by Crippen LogP contribution is 2.49. The number of hydrogen-bond acceptors (Lipinski definition) is 23. The van der Waals surface area contributed by atoms with Gasteiger partial charge in [0.2, 0.25) is 29.5 Å². The number of hydrogen-bond donors (Lipinski definition) is 9. The number of ketones is 1. The molecule has 2 aliphatic heterocycles. The summed E-state index contributed by atoms with van der Waals surface area (Å²) in [6, 6.07) is 23.4. The molecule has 9 amide bonds. The van der Waals surface area contributed by atoms with Crippen molar-refractivity contribution < 1.29 is 113 Å². The first-order valence-electron chi connectivity index (χ1n) is 47.3. The zero-order chi connectivity index (χ0) is 102. The van der Waals surface area contributed by atoms with E-state index in [4.69, 9.17) is 33.2 Å². The third-order valence-electron chi connectivity index (χ3n) is 26.3. The standard InChI is InChI=1S/C34H47N5O8S.C33H43N3O7.C32H40N2O7.C2H8N2O2S/c1-7-24-21-34(24,31(42)37-48(44,45)38(5)6)36-29(40)27-20-26(46-19-13-16-23-14-9-8-10-15-23)22-39(27)30(41)28(33(2,3)4)35-32(43)47-25-17-11-12-18-25;1-6-23-20-33(23,30(39)41-5)35-28(37)26-19-25(42-18-12-15-22-13-8-7-9-14-22)21-36(26)29(38)27(32(2,3)4)34-31(40)43-24-16-10-11-17-24;1-4-22-19-32(22,30(37)38)34-29(36)26-18-24(40-16-10-13-21-11-6-5-7-12-21)17-25(26)28(35)27(20(2)3)33-31(39)41-23-14-8-9-15-23;1-4(2)7(3,5)6/h7-10,14-15,24-28H,1,11-12,17-22H2,2-6H3,(H,35,43)(H,36,40)(H,37,42);6-9,13-14,23-27H,1,10-11,16-21H2,2-5H3,(H,34,40)(H,35,37);4-7,11-12,20,22-27H,1,8-9,14-19H2,2-3H3,(H,33,39)(H,34,36)(H,37,38);1-2H3,(H2,3,5,6)/t24?,26-,27+,28-,34-;23?,25-,26+,27-,33-;22?,24-,25?,26+,27-,32+;/m110./s1. The van der Waals surface area contributed by atoms with E-state index in [-0.39, 0.29) is 113 Å². The molecule has 3 aromatic rings. The number of benzene rings is 3. The Morgan fingerprint density at radius 2 is 0.827 bits per heavy atom. The molecule has 12 rings (SSSR count). The van der Waals surface area contributed by atoms with Gasteiger partial charge in [-0.05, 0) is 162 Å². The number of rotatable bonds is 32. The molecule has 9 aliphatic rings. The minimum absolute atomic E-state index is 0.0228. The van der Waals surface area contributed by atoms with E-state index in [1.165, 1.54) is 57.3 Å². The molecule has 0 aromatic heterocycles. The van der Waals surface area contributed by atoms with Gasteiger partial charge in [0, 0.05) is 94.5 Å². The molecule has 10 N–H and O–H groups in total. The lowest BCUT2D eigenvalue weighted by Crippen LogP contribution is -2.60. The molecule has 758 valence electrons. The number of likely N-dealkylation sites (tertiary alicyclic amines) is 2. The summed E-state index contributed by atoms with van der Waals surface area (Å²) in [4.78, 5) is 163. The maximum atomic E-state index is 14.3. The number of Topliss-reactive ketones (excluding diaryl/α,β-unsaturated/α-hetero) is 1. The number of ether oxygens (including phenoxy) is 7. The van der Waals surface area contributed by atoms with E-state index in [9.17, 15) is 79.5 Å². The number of carbonyl (C=O) groups excluding carboxylic acids is 11. The molecule has 9 fully saturated rings. The molecule has 16 atom stereocenters. The van der Waals surface area contributed by atoms with E-state index in [1.54, 1.807) is 26.8 Å². The molecular weight excluding hydrogens is 1830 g/mol. The Bertz CT molecular complexity index is 5310. The summed E-state index contributed by atoms with van der Waals surface area (Å²) in [6.07, 6.45) is 12.8. The Balaban J connectivity index is 0.000000226. The number of nitrogens with two attached hydrogens (primary N) is 1. The van der Waals surface area contributed by atoms with Crippen molar-refractivity contribution in [3.63, 3.8) is 0 Å². The van der Waals surface area contributed by atoms with Gasteiger partial charge in [0.15, 0.2) is 5.78 Å². The molecule has 139 heavy (non-hydrogen) atoms. The summed E-state index contributed by atoms with van der Waals surface area (Å²) in [5, 5.41) is 30.9. The molecule has 3 aromatic carbocycles. The number of carboxylic acids is 1. The molecule has 0 radical (unpaired) electrons. The number of nitrogens with one attached hydrogen (secondary N) is 7.